The molecule has 1 aliphatic carbocycles. The lowest BCUT2D eigenvalue weighted by Gasteiger charge is -2.17. The molecule has 46 heavy (non-hydrogen) atoms. The number of rotatable bonds is 10. The molecule has 0 saturated heterocycles. The normalized spacial score (nSPS) is 12.6. The molecule has 236 valence electrons. The highest BCUT2D eigenvalue weighted by molar-refractivity contribution is 6.04. The number of anilines is 1. The second kappa shape index (κ2) is 12.4. The molecule has 11 nitrogen and oxygen atoms in total. The number of aryl methyl sites for hydroxylation is 1. The summed E-state index contributed by atoms with van der Waals surface area (Å²) in [6.07, 6.45) is 4.75. The fourth-order valence-electron chi connectivity index (χ4n) is 5.08. The molecule has 1 fully saturated rings. The molecule has 6 rings (SSSR count). The zero-order chi connectivity index (χ0) is 32.5. The standard InChI is InChI=1S/C33H29F2N5O6/c1-5-45-28-12-17(2)25(16-37-28)40-24(18-6-7-18)9-8-20(33(40)42)31(41)38-19-13-21(34)30(22(35)14-19)46-26-10-11-36-23-15-27(43-3)32(44-4)39-29(23)26/h8-16,18H,5-7H2,1-4H3,(H,38,41). The van der Waals surface area contributed by atoms with Crippen LogP contribution in [0, 0.1) is 18.6 Å². The molecule has 4 heterocycles. The first-order valence-electron chi connectivity index (χ1n) is 14.4. The van der Waals surface area contributed by atoms with Gasteiger partial charge < -0.3 is 24.3 Å². The van der Waals surface area contributed by atoms with E-state index >= 15 is 8.78 Å². The minimum absolute atomic E-state index is 0.0101. The van der Waals surface area contributed by atoms with E-state index < -0.39 is 28.9 Å². The molecule has 1 aromatic carbocycles. The monoisotopic (exact) mass is 629 g/mol. The van der Waals surface area contributed by atoms with Gasteiger partial charge in [-0.1, -0.05) is 0 Å². The number of pyridine rings is 4. The van der Waals surface area contributed by atoms with Gasteiger partial charge in [0.2, 0.25) is 5.88 Å². The first kappa shape index (κ1) is 30.4. The summed E-state index contributed by atoms with van der Waals surface area (Å²) in [5.41, 5.74) is 1.51. The van der Waals surface area contributed by atoms with Gasteiger partial charge in [0.05, 0.1) is 38.2 Å². The molecule has 1 aliphatic rings. The van der Waals surface area contributed by atoms with E-state index in [0.717, 1.165) is 36.2 Å². The third-order valence-corrected chi connectivity index (χ3v) is 7.43. The minimum atomic E-state index is -1.10. The molecule has 0 atom stereocenters. The van der Waals surface area contributed by atoms with E-state index in [1.165, 1.54) is 43.3 Å². The Hall–Kier alpha value is -5.59. The van der Waals surface area contributed by atoms with Gasteiger partial charge in [0.15, 0.2) is 28.9 Å². The predicted octanol–water partition coefficient (Wildman–Crippen LogP) is 6.10. The van der Waals surface area contributed by atoms with Crippen molar-refractivity contribution in [3.8, 4) is 34.7 Å². The number of fused-ring (bicyclic) bond motifs is 1. The largest absolute Gasteiger partial charge is 0.491 e. The summed E-state index contributed by atoms with van der Waals surface area (Å²) in [7, 11) is 2.84. The number of aromatic nitrogens is 4. The molecule has 0 aliphatic heterocycles. The Morgan fingerprint density at radius 2 is 1.78 bits per heavy atom. The van der Waals surface area contributed by atoms with Crippen LogP contribution in [0.1, 0.15) is 47.3 Å². The van der Waals surface area contributed by atoms with Gasteiger partial charge in [-0.3, -0.25) is 19.1 Å². The molecule has 13 heteroatoms. The molecule has 1 N–H and O–H groups in total. The first-order chi connectivity index (χ1) is 22.2. The van der Waals surface area contributed by atoms with E-state index in [4.69, 9.17) is 18.9 Å². The lowest BCUT2D eigenvalue weighted by molar-refractivity contribution is 0.102. The van der Waals surface area contributed by atoms with E-state index in [9.17, 15) is 9.59 Å². The van der Waals surface area contributed by atoms with Gasteiger partial charge in [0.1, 0.15) is 11.1 Å². The molecule has 0 spiro atoms. The van der Waals surface area contributed by atoms with E-state index in [1.54, 1.807) is 18.2 Å². The molecule has 1 saturated carbocycles. The Balaban J connectivity index is 1.30. The van der Waals surface area contributed by atoms with Crippen molar-refractivity contribution in [3.05, 3.63) is 93.7 Å². The number of benzene rings is 1. The highest BCUT2D eigenvalue weighted by Gasteiger charge is 2.30. The van der Waals surface area contributed by atoms with Gasteiger partial charge in [-0.05, 0) is 50.3 Å². The summed E-state index contributed by atoms with van der Waals surface area (Å²) in [6, 6.07) is 9.62. The quantitative estimate of drug-likeness (QED) is 0.195. The maximum atomic E-state index is 15.3. The lowest BCUT2D eigenvalue weighted by Crippen LogP contribution is -2.30. The Morgan fingerprint density at radius 1 is 1.02 bits per heavy atom. The van der Waals surface area contributed by atoms with E-state index in [0.29, 0.717) is 29.4 Å². The number of carbonyl (C=O) groups excluding carboxylic acids is 1. The van der Waals surface area contributed by atoms with Crippen molar-refractivity contribution in [1.29, 1.82) is 0 Å². The zero-order valence-electron chi connectivity index (χ0n) is 25.4. The number of hydrogen-bond donors (Lipinski definition) is 1. The van der Waals surface area contributed by atoms with Crippen molar-refractivity contribution in [2.24, 2.45) is 0 Å². The van der Waals surface area contributed by atoms with Crippen LogP contribution in [0.3, 0.4) is 0 Å². The number of ether oxygens (including phenoxy) is 4. The lowest BCUT2D eigenvalue weighted by atomic mass is 10.1. The van der Waals surface area contributed by atoms with Crippen LogP contribution in [-0.4, -0.2) is 46.3 Å². The third kappa shape index (κ3) is 5.78. The van der Waals surface area contributed by atoms with Crippen LogP contribution < -0.4 is 29.8 Å². The first-order valence-corrected chi connectivity index (χ1v) is 14.4. The Kier molecular flexibility index (Phi) is 8.22. The smallest absolute Gasteiger partial charge is 0.268 e. The van der Waals surface area contributed by atoms with Crippen molar-refractivity contribution >= 4 is 22.6 Å². The van der Waals surface area contributed by atoms with Crippen molar-refractivity contribution in [2.75, 3.05) is 26.1 Å². The Labute approximate surface area is 261 Å². The van der Waals surface area contributed by atoms with Crippen LogP contribution >= 0.6 is 0 Å². The average Bonchev–Trinajstić information content (AvgIpc) is 3.88. The highest BCUT2D eigenvalue weighted by atomic mass is 19.1. The molecule has 0 bridgehead atoms. The summed E-state index contributed by atoms with van der Waals surface area (Å²) < 4.78 is 53.6. The molecular formula is C33H29F2N5O6. The summed E-state index contributed by atoms with van der Waals surface area (Å²) >= 11 is 0. The van der Waals surface area contributed by atoms with Crippen LogP contribution in [0.15, 0.2) is 59.7 Å². The van der Waals surface area contributed by atoms with Crippen LogP contribution in [-0.2, 0) is 0 Å². The molecule has 5 aromatic rings. The molecular weight excluding hydrogens is 600 g/mol. The summed E-state index contributed by atoms with van der Waals surface area (Å²) in [5, 5.41) is 2.44. The van der Waals surface area contributed by atoms with Crippen molar-refractivity contribution < 1.29 is 32.5 Å². The third-order valence-electron chi connectivity index (χ3n) is 7.43. The van der Waals surface area contributed by atoms with Gasteiger partial charge in [-0.25, -0.2) is 18.7 Å². The maximum Gasteiger partial charge on any atom is 0.268 e. The summed E-state index contributed by atoms with van der Waals surface area (Å²) in [4.78, 5) is 39.9. The molecule has 4 aromatic heterocycles. The van der Waals surface area contributed by atoms with Crippen molar-refractivity contribution in [1.82, 2.24) is 19.5 Å². The van der Waals surface area contributed by atoms with Crippen molar-refractivity contribution in [3.63, 3.8) is 0 Å². The zero-order valence-corrected chi connectivity index (χ0v) is 25.4. The number of nitrogens with zero attached hydrogens (tertiary/aromatic N) is 4. The van der Waals surface area contributed by atoms with E-state index in [2.05, 4.69) is 20.3 Å². The second-order valence-electron chi connectivity index (χ2n) is 10.5. The van der Waals surface area contributed by atoms with Crippen LogP contribution in [0.25, 0.3) is 16.7 Å². The molecule has 0 radical (unpaired) electrons. The van der Waals surface area contributed by atoms with Crippen LogP contribution in [0.2, 0.25) is 0 Å². The van der Waals surface area contributed by atoms with Gasteiger partial charge in [-0.15, -0.1) is 0 Å². The topological polar surface area (TPSA) is 127 Å². The molecule has 0 unspecified atom stereocenters. The number of hydrogen-bond acceptors (Lipinski definition) is 9. The minimum Gasteiger partial charge on any atom is -0.491 e. The number of halogens is 2. The number of nitrogens with one attached hydrogen (secondary N) is 1. The number of amides is 1. The Bertz CT molecular complexity index is 2020. The maximum absolute atomic E-state index is 15.3. The summed E-state index contributed by atoms with van der Waals surface area (Å²) in [6.45, 7) is 4.10. The van der Waals surface area contributed by atoms with E-state index in [-0.39, 0.29) is 34.3 Å². The fourth-order valence-corrected chi connectivity index (χ4v) is 5.08. The second-order valence-corrected chi connectivity index (χ2v) is 10.5. The van der Waals surface area contributed by atoms with Crippen LogP contribution in [0.4, 0.5) is 14.5 Å². The Morgan fingerprint density at radius 3 is 2.43 bits per heavy atom. The summed E-state index contributed by atoms with van der Waals surface area (Å²) in [5.74, 6) is -2.71. The molecule has 1 amide bonds. The fraction of sp³-hybridized carbons (Fsp3) is 0.242. The van der Waals surface area contributed by atoms with Crippen LogP contribution in [0.5, 0.6) is 29.0 Å². The van der Waals surface area contributed by atoms with Gasteiger partial charge in [0, 0.05) is 47.9 Å². The number of methoxy groups -OCH3 is 2. The van der Waals surface area contributed by atoms with Gasteiger partial charge in [-0.2, -0.15) is 0 Å². The highest BCUT2D eigenvalue weighted by Crippen LogP contribution is 2.41. The number of carbonyl (C=O) groups is 1. The SMILES string of the molecule is CCOc1cc(C)c(-n2c(C3CC3)ccc(C(=O)Nc3cc(F)c(Oc4ccnc5cc(OC)c(OC)nc45)c(F)c3)c2=O)cn1. The average molecular weight is 630 g/mol. The van der Waals surface area contributed by atoms with Gasteiger partial charge in [0.25, 0.3) is 17.3 Å². The van der Waals surface area contributed by atoms with Gasteiger partial charge >= 0.3 is 0 Å². The predicted molar refractivity (Wildman–Crippen MR) is 165 cm³/mol. The van der Waals surface area contributed by atoms with Crippen molar-refractivity contribution in [2.45, 2.75) is 32.6 Å². The van der Waals surface area contributed by atoms with E-state index in [1.807, 2.05) is 13.8 Å².